The van der Waals surface area contributed by atoms with Crippen molar-refractivity contribution in [3.8, 4) is 0 Å². The number of para-hydroxylation sites is 1. The minimum atomic E-state index is 0.129. The number of benzene rings is 2. The summed E-state index contributed by atoms with van der Waals surface area (Å²) in [5, 5.41) is 1.95. The lowest BCUT2D eigenvalue weighted by Gasteiger charge is -2.30. The lowest BCUT2D eigenvalue weighted by atomic mass is 10.1. The van der Waals surface area contributed by atoms with E-state index in [1.54, 1.807) is 0 Å². The molecule has 0 radical (unpaired) electrons. The van der Waals surface area contributed by atoms with E-state index in [1.807, 2.05) is 41.5 Å². The van der Waals surface area contributed by atoms with Crippen molar-refractivity contribution >= 4 is 5.69 Å². The Morgan fingerprint density at radius 3 is 2.52 bits per heavy atom. The van der Waals surface area contributed by atoms with Gasteiger partial charge in [-0.1, -0.05) is 60.7 Å². The Hall–Kier alpha value is -2.10. The van der Waals surface area contributed by atoms with Crippen LogP contribution in [-0.4, -0.2) is 19.3 Å². The van der Waals surface area contributed by atoms with Gasteiger partial charge >= 0.3 is 0 Å². The van der Waals surface area contributed by atoms with Gasteiger partial charge in [0.05, 0.1) is 18.8 Å². The van der Waals surface area contributed by atoms with Crippen LogP contribution in [0.15, 0.2) is 72.8 Å². The van der Waals surface area contributed by atoms with Crippen LogP contribution in [0.25, 0.3) is 0 Å². The molecule has 0 aliphatic carbocycles. The van der Waals surface area contributed by atoms with Crippen molar-refractivity contribution in [2.24, 2.45) is 0 Å². The Kier molecular flexibility index (Phi) is 5.84. The summed E-state index contributed by atoms with van der Waals surface area (Å²) >= 11 is 0. The Labute approximate surface area is 138 Å². The van der Waals surface area contributed by atoms with Crippen LogP contribution >= 0.6 is 0 Å². The summed E-state index contributed by atoms with van der Waals surface area (Å²) in [7, 11) is 0. The fraction of sp³-hybridized carbons (Fsp3) is 0.300. The van der Waals surface area contributed by atoms with Crippen molar-refractivity contribution in [3.63, 3.8) is 0 Å². The number of nitrogens with zero attached hydrogens (tertiary/aromatic N) is 1. The van der Waals surface area contributed by atoms with Gasteiger partial charge in [0.25, 0.3) is 0 Å². The lowest BCUT2D eigenvalue weighted by molar-refractivity contribution is 0.0425. The molecule has 0 saturated carbocycles. The first kappa shape index (κ1) is 15.8. The molecule has 3 heteroatoms. The number of hydroxylamine groups is 1. The predicted octanol–water partition coefficient (Wildman–Crippen LogP) is 4.36. The van der Waals surface area contributed by atoms with E-state index in [0.29, 0.717) is 6.61 Å². The van der Waals surface area contributed by atoms with Crippen molar-refractivity contribution in [3.05, 3.63) is 78.4 Å². The number of ether oxygens (including phenoxy) is 1. The van der Waals surface area contributed by atoms with Crippen LogP contribution in [0.1, 0.15) is 18.4 Å². The average molecular weight is 309 g/mol. The van der Waals surface area contributed by atoms with Crippen LogP contribution in [0.4, 0.5) is 5.69 Å². The van der Waals surface area contributed by atoms with Crippen molar-refractivity contribution in [2.75, 3.05) is 18.2 Å². The SMILES string of the molecule is C1=C[C@@H](CCCOCc2ccccc2)ON(c2ccccc2)C1. The zero-order valence-electron chi connectivity index (χ0n) is 13.3. The molecule has 0 N–H and O–H groups in total. The van der Waals surface area contributed by atoms with Crippen LogP contribution in [0.5, 0.6) is 0 Å². The summed E-state index contributed by atoms with van der Waals surface area (Å²) in [6.07, 6.45) is 6.41. The van der Waals surface area contributed by atoms with E-state index < -0.39 is 0 Å². The number of rotatable bonds is 7. The van der Waals surface area contributed by atoms with Crippen LogP contribution in [0.2, 0.25) is 0 Å². The first-order valence-electron chi connectivity index (χ1n) is 8.19. The molecule has 0 amide bonds. The normalized spacial score (nSPS) is 17.4. The predicted molar refractivity (Wildman–Crippen MR) is 93.1 cm³/mol. The van der Waals surface area contributed by atoms with E-state index in [1.165, 1.54) is 5.56 Å². The van der Waals surface area contributed by atoms with E-state index in [2.05, 4.69) is 36.4 Å². The molecular weight excluding hydrogens is 286 g/mol. The molecule has 1 atom stereocenters. The maximum atomic E-state index is 6.03. The van der Waals surface area contributed by atoms with Gasteiger partial charge in [0.15, 0.2) is 0 Å². The van der Waals surface area contributed by atoms with Crippen molar-refractivity contribution in [2.45, 2.75) is 25.6 Å². The Bertz CT molecular complexity index is 598. The van der Waals surface area contributed by atoms with Crippen LogP contribution in [0.3, 0.4) is 0 Å². The van der Waals surface area contributed by atoms with Gasteiger partial charge in [0.2, 0.25) is 0 Å². The Morgan fingerprint density at radius 1 is 1.00 bits per heavy atom. The van der Waals surface area contributed by atoms with Crippen molar-refractivity contribution in [1.29, 1.82) is 0 Å². The molecule has 0 saturated heterocycles. The Balaban J connectivity index is 1.37. The third-order valence-corrected chi connectivity index (χ3v) is 3.82. The van der Waals surface area contributed by atoms with Gasteiger partial charge in [-0.25, -0.2) is 5.06 Å². The maximum absolute atomic E-state index is 6.03. The first-order valence-corrected chi connectivity index (χ1v) is 8.19. The second kappa shape index (κ2) is 8.51. The van der Waals surface area contributed by atoms with Gasteiger partial charge in [-0.2, -0.15) is 0 Å². The molecule has 3 rings (SSSR count). The second-order valence-corrected chi connectivity index (χ2v) is 5.65. The fourth-order valence-electron chi connectivity index (χ4n) is 2.61. The highest BCUT2D eigenvalue weighted by Gasteiger charge is 2.16. The van der Waals surface area contributed by atoms with Gasteiger partial charge in [0.1, 0.15) is 6.10 Å². The molecule has 3 nitrogen and oxygen atoms in total. The molecule has 120 valence electrons. The molecule has 0 unspecified atom stereocenters. The highest BCUT2D eigenvalue weighted by molar-refractivity contribution is 5.44. The maximum Gasteiger partial charge on any atom is 0.104 e. The summed E-state index contributed by atoms with van der Waals surface area (Å²) in [5.74, 6) is 0. The molecule has 1 aliphatic rings. The van der Waals surface area contributed by atoms with Crippen LogP contribution in [-0.2, 0) is 16.2 Å². The molecular formula is C20H23NO2. The molecule has 0 aromatic heterocycles. The number of anilines is 1. The summed E-state index contributed by atoms with van der Waals surface area (Å²) < 4.78 is 5.73. The third kappa shape index (κ3) is 4.95. The van der Waals surface area contributed by atoms with Crippen LogP contribution < -0.4 is 5.06 Å². The summed E-state index contributed by atoms with van der Waals surface area (Å²) in [6.45, 7) is 2.23. The lowest BCUT2D eigenvalue weighted by Crippen LogP contribution is -2.32. The van der Waals surface area contributed by atoms with Gasteiger partial charge in [-0.15, -0.1) is 0 Å². The zero-order valence-corrected chi connectivity index (χ0v) is 13.3. The molecule has 2 aromatic rings. The minimum absolute atomic E-state index is 0.129. The summed E-state index contributed by atoms with van der Waals surface area (Å²) in [6, 6.07) is 20.5. The fourth-order valence-corrected chi connectivity index (χ4v) is 2.61. The number of hydrogen-bond donors (Lipinski definition) is 0. The average Bonchev–Trinajstić information content (AvgIpc) is 2.63. The van der Waals surface area contributed by atoms with E-state index >= 15 is 0 Å². The molecule has 0 bridgehead atoms. The monoisotopic (exact) mass is 309 g/mol. The number of hydrogen-bond acceptors (Lipinski definition) is 3. The van der Waals surface area contributed by atoms with Gasteiger partial charge in [0, 0.05) is 6.61 Å². The van der Waals surface area contributed by atoms with Crippen LogP contribution in [0, 0.1) is 0 Å². The highest BCUT2D eigenvalue weighted by atomic mass is 16.7. The molecule has 0 spiro atoms. The smallest absolute Gasteiger partial charge is 0.104 e. The van der Waals surface area contributed by atoms with E-state index in [0.717, 1.165) is 31.7 Å². The quantitative estimate of drug-likeness (QED) is 0.560. The highest BCUT2D eigenvalue weighted by Crippen LogP contribution is 2.20. The first-order chi connectivity index (χ1) is 11.4. The van der Waals surface area contributed by atoms with Crippen molar-refractivity contribution < 1.29 is 9.57 Å². The zero-order chi connectivity index (χ0) is 15.7. The van der Waals surface area contributed by atoms with Crippen molar-refractivity contribution in [1.82, 2.24) is 0 Å². The van der Waals surface area contributed by atoms with Gasteiger partial charge in [-0.05, 0) is 30.5 Å². The minimum Gasteiger partial charge on any atom is -0.377 e. The summed E-state index contributed by atoms with van der Waals surface area (Å²) in [4.78, 5) is 6.03. The van der Waals surface area contributed by atoms with Gasteiger partial charge < -0.3 is 4.74 Å². The van der Waals surface area contributed by atoms with E-state index in [4.69, 9.17) is 9.57 Å². The Morgan fingerprint density at radius 2 is 1.74 bits per heavy atom. The third-order valence-electron chi connectivity index (χ3n) is 3.82. The standard InChI is InChI=1S/C20H23NO2/c1-3-9-18(10-4-1)17-22-16-8-14-20-13-7-15-21(23-20)19-11-5-2-6-12-19/h1-7,9-13,20H,8,14-17H2/t20-/m0/s1. The largest absolute Gasteiger partial charge is 0.377 e. The molecule has 2 aromatic carbocycles. The molecule has 1 heterocycles. The van der Waals surface area contributed by atoms with E-state index in [9.17, 15) is 0 Å². The molecule has 1 aliphatic heterocycles. The van der Waals surface area contributed by atoms with Gasteiger partial charge in [-0.3, -0.25) is 4.84 Å². The van der Waals surface area contributed by atoms with E-state index in [-0.39, 0.29) is 6.10 Å². The molecule has 0 fully saturated rings. The topological polar surface area (TPSA) is 21.7 Å². The molecule has 23 heavy (non-hydrogen) atoms. The second-order valence-electron chi connectivity index (χ2n) is 5.65. The summed E-state index contributed by atoms with van der Waals surface area (Å²) in [5.41, 5.74) is 2.32.